The van der Waals surface area contributed by atoms with Crippen LogP contribution in [0.1, 0.15) is 23.9 Å². The summed E-state index contributed by atoms with van der Waals surface area (Å²) in [6.07, 6.45) is 3.18. The Morgan fingerprint density at radius 3 is 2.62 bits per heavy atom. The SMILES string of the molecule is COC1=CC(Nc2nc3c(-c4ccccc4C(F)(F)F)cccn3n2)=CCC1n1cnc(C)n1. The molecule has 0 aliphatic heterocycles. The Morgan fingerprint density at radius 2 is 1.88 bits per heavy atom. The van der Waals surface area contributed by atoms with Gasteiger partial charge in [0, 0.05) is 23.5 Å². The Labute approximate surface area is 192 Å². The second kappa shape index (κ2) is 8.32. The largest absolute Gasteiger partial charge is 0.499 e. The molecule has 0 saturated carbocycles. The smallest absolute Gasteiger partial charge is 0.417 e. The van der Waals surface area contributed by atoms with E-state index in [9.17, 15) is 13.2 Å². The third-order valence-corrected chi connectivity index (χ3v) is 5.51. The number of aromatic nitrogens is 6. The third kappa shape index (κ3) is 4.00. The predicted molar refractivity (Wildman–Crippen MR) is 119 cm³/mol. The van der Waals surface area contributed by atoms with Crippen LogP contribution in [-0.2, 0) is 10.9 Å². The monoisotopic (exact) mass is 467 g/mol. The van der Waals surface area contributed by atoms with Gasteiger partial charge in [-0.15, -0.1) is 5.10 Å². The Morgan fingerprint density at radius 1 is 1.09 bits per heavy atom. The molecule has 1 aliphatic rings. The van der Waals surface area contributed by atoms with Gasteiger partial charge in [0.2, 0.25) is 5.95 Å². The minimum absolute atomic E-state index is 0.0453. The number of methoxy groups -OCH3 is 1. The molecule has 174 valence electrons. The Kier molecular flexibility index (Phi) is 5.31. The highest BCUT2D eigenvalue weighted by molar-refractivity contribution is 5.80. The summed E-state index contributed by atoms with van der Waals surface area (Å²) in [6, 6.07) is 8.55. The molecule has 1 unspecified atom stereocenters. The number of hydrogen-bond acceptors (Lipinski definition) is 6. The molecule has 3 aromatic heterocycles. The number of hydrogen-bond donors (Lipinski definition) is 1. The number of ether oxygens (including phenoxy) is 1. The number of alkyl halides is 3. The van der Waals surface area contributed by atoms with Crippen LogP contribution in [0, 0.1) is 6.92 Å². The van der Waals surface area contributed by atoms with Crippen molar-refractivity contribution in [3.63, 3.8) is 0 Å². The van der Waals surface area contributed by atoms with Gasteiger partial charge in [0.25, 0.3) is 0 Å². The first-order valence-electron chi connectivity index (χ1n) is 10.5. The van der Waals surface area contributed by atoms with Gasteiger partial charge in [-0.25, -0.2) is 14.2 Å². The highest BCUT2D eigenvalue weighted by atomic mass is 19.4. The Bertz CT molecular complexity index is 1420. The normalized spacial score (nSPS) is 16.3. The molecule has 0 spiro atoms. The van der Waals surface area contributed by atoms with E-state index in [0.29, 0.717) is 34.9 Å². The van der Waals surface area contributed by atoms with E-state index >= 15 is 0 Å². The average Bonchev–Trinajstić information content (AvgIpc) is 3.43. The average molecular weight is 467 g/mol. The van der Waals surface area contributed by atoms with E-state index < -0.39 is 11.7 Å². The predicted octanol–water partition coefficient (Wildman–Crippen LogP) is 4.79. The number of nitrogens with zero attached hydrogens (tertiary/aromatic N) is 6. The maximum absolute atomic E-state index is 13.6. The number of nitrogens with one attached hydrogen (secondary N) is 1. The van der Waals surface area contributed by atoms with E-state index in [-0.39, 0.29) is 17.6 Å². The Balaban J connectivity index is 1.46. The molecule has 1 atom stereocenters. The number of fused-ring (bicyclic) bond motifs is 1. The van der Waals surface area contributed by atoms with Crippen molar-refractivity contribution in [2.24, 2.45) is 0 Å². The lowest BCUT2D eigenvalue weighted by molar-refractivity contribution is -0.137. The van der Waals surface area contributed by atoms with E-state index in [4.69, 9.17) is 4.74 Å². The van der Waals surface area contributed by atoms with Gasteiger partial charge < -0.3 is 10.1 Å². The minimum atomic E-state index is -4.49. The van der Waals surface area contributed by atoms with Crippen LogP contribution >= 0.6 is 0 Å². The van der Waals surface area contributed by atoms with E-state index in [1.165, 1.54) is 16.6 Å². The highest BCUT2D eigenvalue weighted by Crippen LogP contribution is 2.38. The number of allylic oxidation sites excluding steroid dienone is 3. The summed E-state index contributed by atoms with van der Waals surface area (Å²) in [5.74, 6) is 1.60. The van der Waals surface area contributed by atoms with E-state index in [0.717, 1.165) is 6.07 Å². The van der Waals surface area contributed by atoms with Crippen LogP contribution in [0.15, 0.2) is 72.5 Å². The molecule has 1 aliphatic carbocycles. The van der Waals surface area contributed by atoms with Gasteiger partial charge in [0.15, 0.2) is 5.65 Å². The van der Waals surface area contributed by atoms with Crippen LogP contribution in [0.3, 0.4) is 0 Å². The van der Waals surface area contributed by atoms with Crippen molar-refractivity contribution in [2.45, 2.75) is 25.6 Å². The molecule has 0 fully saturated rings. The first kappa shape index (κ1) is 21.7. The number of aryl methyl sites for hydroxylation is 1. The molecule has 3 heterocycles. The van der Waals surface area contributed by atoms with Gasteiger partial charge in [-0.05, 0) is 37.1 Å². The molecule has 0 saturated heterocycles. The zero-order valence-electron chi connectivity index (χ0n) is 18.3. The van der Waals surface area contributed by atoms with Crippen molar-refractivity contribution in [3.8, 4) is 11.1 Å². The summed E-state index contributed by atoms with van der Waals surface area (Å²) >= 11 is 0. The molecule has 8 nitrogen and oxygen atoms in total. The Hall–Kier alpha value is -4.15. The van der Waals surface area contributed by atoms with Crippen LogP contribution in [0.4, 0.5) is 19.1 Å². The van der Waals surface area contributed by atoms with Crippen LogP contribution in [0.2, 0.25) is 0 Å². The van der Waals surface area contributed by atoms with Crippen molar-refractivity contribution >= 4 is 11.6 Å². The zero-order chi connectivity index (χ0) is 23.9. The fourth-order valence-electron chi connectivity index (χ4n) is 3.96. The number of rotatable bonds is 5. The van der Waals surface area contributed by atoms with Gasteiger partial charge in [-0.3, -0.25) is 0 Å². The first-order chi connectivity index (χ1) is 16.3. The summed E-state index contributed by atoms with van der Waals surface area (Å²) < 4.78 is 49.5. The number of anilines is 1. The molecule has 0 bridgehead atoms. The van der Waals surface area contributed by atoms with Crippen molar-refractivity contribution in [3.05, 3.63) is 83.9 Å². The van der Waals surface area contributed by atoms with Crippen LogP contribution in [0.5, 0.6) is 0 Å². The van der Waals surface area contributed by atoms with E-state index in [1.54, 1.807) is 42.5 Å². The summed E-state index contributed by atoms with van der Waals surface area (Å²) in [5.41, 5.74) is 0.674. The molecular weight excluding hydrogens is 447 g/mol. The van der Waals surface area contributed by atoms with Crippen LogP contribution < -0.4 is 5.32 Å². The van der Waals surface area contributed by atoms with Gasteiger partial charge in [-0.1, -0.05) is 24.3 Å². The first-order valence-corrected chi connectivity index (χ1v) is 10.5. The molecule has 4 aromatic rings. The lowest BCUT2D eigenvalue weighted by Gasteiger charge is -2.22. The summed E-state index contributed by atoms with van der Waals surface area (Å²) in [5, 5.41) is 11.9. The van der Waals surface area contributed by atoms with Gasteiger partial charge in [-0.2, -0.15) is 23.3 Å². The van der Waals surface area contributed by atoms with Gasteiger partial charge >= 0.3 is 6.18 Å². The molecular formula is C23H20F3N7O. The lowest BCUT2D eigenvalue weighted by Crippen LogP contribution is -2.17. The molecule has 5 rings (SSSR count). The highest BCUT2D eigenvalue weighted by Gasteiger charge is 2.34. The fourth-order valence-corrected chi connectivity index (χ4v) is 3.96. The van der Waals surface area contributed by atoms with Gasteiger partial charge in [0.05, 0.1) is 12.7 Å². The molecule has 1 aromatic carbocycles. The van der Waals surface area contributed by atoms with Crippen LogP contribution in [0.25, 0.3) is 16.8 Å². The molecule has 0 amide bonds. The second-order valence-electron chi connectivity index (χ2n) is 7.73. The second-order valence-corrected chi connectivity index (χ2v) is 7.73. The molecule has 11 heteroatoms. The lowest BCUT2D eigenvalue weighted by atomic mass is 10.0. The number of halogens is 3. The van der Waals surface area contributed by atoms with Crippen LogP contribution in [-0.4, -0.2) is 36.5 Å². The van der Waals surface area contributed by atoms with E-state index in [2.05, 4.69) is 25.5 Å². The maximum atomic E-state index is 13.6. The number of benzene rings is 1. The van der Waals surface area contributed by atoms with Crippen molar-refractivity contribution in [2.75, 3.05) is 12.4 Å². The maximum Gasteiger partial charge on any atom is 0.417 e. The van der Waals surface area contributed by atoms with Crippen molar-refractivity contribution in [1.29, 1.82) is 0 Å². The summed E-state index contributed by atoms with van der Waals surface area (Å²) in [7, 11) is 1.58. The molecule has 1 N–H and O–H groups in total. The fraction of sp³-hybridized carbons (Fsp3) is 0.217. The quantitative estimate of drug-likeness (QED) is 0.455. The third-order valence-electron chi connectivity index (χ3n) is 5.51. The van der Waals surface area contributed by atoms with E-state index in [1.807, 2.05) is 19.1 Å². The van der Waals surface area contributed by atoms with Gasteiger partial charge in [0.1, 0.15) is 24.0 Å². The molecule has 0 radical (unpaired) electrons. The zero-order valence-corrected chi connectivity index (χ0v) is 18.3. The summed E-state index contributed by atoms with van der Waals surface area (Å²) in [6.45, 7) is 1.81. The molecule has 34 heavy (non-hydrogen) atoms. The van der Waals surface area contributed by atoms with Crippen molar-refractivity contribution < 1.29 is 17.9 Å². The standard InChI is InChI=1S/C23H20F3N7O/c1-14-27-13-33(30-14)19-10-9-15(12-20(19)34-2)28-22-29-21-17(7-5-11-32(21)31-22)16-6-3-4-8-18(16)23(24,25)26/h3-9,11-13,19H,10H2,1-2H3,(H,28,31). The van der Waals surface area contributed by atoms with Crippen molar-refractivity contribution in [1.82, 2.24) is 29.4 Å². The topological polar surface area (TPSA) is 82.2 Å². The summed E-state index contributed by atoms with van der Waals surface area (Å²) in [4.78, 5) is 8.64. The number of pyridine rings is 1. The minimum Gasteiger partial charge on any atom is -0.499 e.